The predicted octanol–water partition coefficient (Wildman–Crippen LogP) is -1.00. The molecular weight excluding hydrogens is 174 g/mol. The Morgan fingerprint density at radius 3 is 1.46 bits per heavy atom. The fourth-order valence-corrected chi connectivity index (χ4v) is 0.614. The van der Waals surface area contributed by atoms with Crippen molar-refractivity contribution in [1.82, 2.24) is 12.3 Å². The molecule has 1 aromatic rings. The normalized spacial score (nSPS) is 5.62. The van der Waals surface area contributed by atoms with Crippen molar-refractivity contribution in [1.29, 1.82) is 0 Å². The molecule has 0 bridgehead atoms. The highest BCUT2D eigenvalue weighted by molar-refractivity contribution is 5.13. The van der Waals surface area contributed by atoms with Crippen LogP contribution in [-0.4, -0.2) is 16.4 Å². The van der Waals surface area contributed by atoms with Gasteiger partial charge in [-0.1, -0.05) is 30.3 Å². The van der Waals surface area contributed by atoms with E-state index >= 15 is 0 Å². The fourth-order valence-electron chi connectivity index (χ4n) is 0.614. The summed E-state index contributed by atoms with van der Waals surface area (Å²) in [4.78, 5) is 0. The SMILES string of the molecule is N.N.NCc1ccccc1.O.O.O. The summed E-state index contributed by atoms with van der Waals surface area (Å²) in [6.07, 6.45) is 0. The van der Waals surface area contributed by atoms with Crippen molar-refractivity contribution in [3.8, 4) is 0 Å². The number of rotatable bonds is 1. The molecule has 6 heteroatoms. The molecule has 0 radical (unpaired) electrons. The average Bonchev–Trinajstić information content (AvgIpc) is 1.90. The van der Waals surface area contributed by atoms with Crippen LogP contribution in [0.15, 0.2) is 30.3 Å². The van der Waals surface area contributed by atoms with Crippen molar-refractivity contribution >= 4 is 0 Å². The lowest BCUT2D eigenvalue weighted by Gasteiger charge is -1.90. The van der Waals surface area contributed by atoms with E-state index in [0.717, 1.165) is 0 Å². The van der Waals surface area contributed by atoms with Crippen LogP contribution in [0.5, 0.6) is 0 Å². The first-order chi connectivity index (χ1) is 3.93. The summed E-state index contributed by atoms with van der Waals surface area (Å²) in [5.41, 5.74) is 6.54. The standard InChI is InChI=1S/C7H9N.2H3N.3H2O/c8-6-7-4-2-1-3-5-7;;;;;/h1-5H,6,8H2;2*1H3;3*1H2. The van der Waals surface area contributed by atoms with Crippen LogP contribution in [0.2, 0.25) is 0 Å². The summed E-state index contributed by atoms with van der Waals surface area (Å²) in [5, 5.41) is 0. The van der Waals surface area contributed by atoms with E-state index in [9.17, 15) is 0 Å². The maximum atomic E-state index is 5.35. The second-order valence-electron chi connectivity index (χ2n) is 1.69. The molecule has 0 amide bonds. The van der Waals surface area contributed by atoms with Crippen LogP contribution in [-0.2, 0) is 6.54 Å². The van der Waals surface area contributed by atoms with Gasteiger partial charge in [-0.15, -0.1) is 0 Å². The number of hydrogen-bond acceptors (Lipinski definition) is 3. The molecule has 6 nitrogen and oxygen atoms in total. The minimum atomic E-state index is 0. The summed E-state index contributed by atoms with van der Waals surface area (Å²) in [6.45, 7) is 0.640. The van der Waals surface area contributed by atoms with E-state index in [2.05, 4.69) is 0 Å². The third-order valence-electron chi connectivity index (χ3n) is 1.08. The van der Waals surface area contributed by atoms with Crippen molar-refractivity contribution in [2.45, 2.75) is 6.54 Å². The van der Waals surface area contributed by atoms with Gasteiger partial charge < -0.3 is 34.5 Å². The number of hydrogen-bond donors (Lipinski definition) is 3. The van der Waals surface area contributed by atoms with Gasteiger partial charge in [0.15, 0.2) is 0 Å². The van der Waals surface area contributed by atoms with Crippen LogP contribution >= 0.6 is 0 Å². The second kappa shape index (κ2) is 17.2. The average molecular weight is 195 g/mol. The summed E-state index contributed by atoms with van der Waals surface area (Å²) in [5.74, 6) is 0. The molecule has 0 spiro atoms. The van der Waals surface area contributed by atoms with E-state index in [4.69, 9.17) is 5.73 Å². The molecule has 82 valence electrons. The van der Waals surface area contributed by atoms with Gasteiger partial charge in [-0.25, -0.2) is 0 Å². The summed E-state index contributed by atoms with van der Waals surface area (Å²) >= 11 is 0. The quantitative estimate of drug-likeness (QED) is 0.518. The first-order valence-corrected chi connectivity index (χ1v) is 2.67. The predicted molar refractivity (Wildman–Crippen MR) is 55.2 cm³/mol. The van der Waals surface area contributed by atoms with E-state index in [1.807, 2.05) is 30.3 Å². The highest BCUT2D eigenvalue weighted by Crippen LogP contribution is 1.94. The molecule has 0 saturated carbocycles. The second-order valence-corrected chi connectivity index (χ2v) is 1.69. The Hall–Kier alpha value is -1.02. The van der Waals surface area contributed by atoms with Crippen LogP contribution in [0.1, 0.15) is 5.56 Å². The van der Waals surface area contributed by atoms with Crippen molar-refractivity contribution in [2.24, 2.45) is 5.73 Å². The van der Waals surface area contributed by atoms with Crippen molar-refractivity contribution < 1.29 is 16.4 Å². The van der Waals surface area contributed by atoms with Crippen molar-refractivity contribution in [2.75, 3.05) is 0 Å². The smallest absolute Gasteiger partial charge is 0.0178 e. The Morgan fingerprint density at radius 1 is 0.846 bits per heavy atom. The number of benzene rings is 1. The molecule has 0 aliphatic carbocycles. The summed E-state index contributed by atoms with van der Waals surface area (Å²) in [6, 6.07) is 9.99. The van der Waals surface area contributed by atoms with E-state index < -0.39 is 0 Å². The zero-order valence-electron chi connectivity index (χ0n) is 7.59. The molecule has 0 fully saturated rings. The van der Waals surface area contributed by atoms with Gasteiger partial charge in [0.2, 0.25) is 0 Å². The maximum Gasteiger partial charge on any atom is 0.0178 e. The summed E-state index contributed by atoms with van der Waals surface area (Å²) < 4.78 is 0. The largest absolute Gasteiger partial charge is 0.412 e. The minimum Gasteiger partial charge on any atom is -0.412 e. The first kappa shape index (κ1) is 29.6. The third kappa shape index (κ3) is 11.0. The van der Waals surface area contributed by atoms with Gasteiger partial charge in [0.1, 0.15) is 0 Å². The first-order valence-electron chi connectivity index (χ1n) is 2.67. The van der Waals surface area contributed by atoms with Crippen LogP contribution in [0, 0.1) is 0 Å². The molecule has 14 N–H and O–H groups in total. The molecule has 0 aromatic heterocycles. The van der Waals surface area contributed by atoms with Gasteiger partial charge in [0, 0.05) is 6.54 Å². The highest BCUT2D eigenvalue weighted by atomic mass is 16.0. The molecular formula is C7H21N3O3. The Bertz CT molecular complexity index is 160. The molecule has 0 aliphatic rings. The lowest BCUT2D eigenvalue weighted by molar-refractivity contribution is 0.823. The molecule has 1 rings (SSSR count). The Balaban J connectivity index is -0.0000000427. The monoisotopic (exact) mass is 195 g/mol. The van der Waals surface area contributed by atoms with E-state index in [-0.39, 0.29) is 28.7 Å². The molecule has 1 aromatic carbocycles. The topological polar surface area (TPSA) is 191 Å². The van der Waals surface area contributed by atoms with Crippen LogP contribution in [0.3, 0.4) is 0 Å². The van der Waals surface area contributed by atoms with Gasteiger partial charge in [-0.05, 0) is 5.56 Å². The zero-order valence-corrected chi connectivity index (χ0v) is 7.59. The molecule has 0 unspecified atom stereocenters. The fraction of sp³-hybridized carbons (Fsp3) is 0.143. The lowest BCUT2D eigenvalue weighted by Crippen LogP contribution is -1.94. The van der Waals surface area contributed by atoms with Crippen molar-refractivity contribution in [3.63, 3.8) is 0 Å². The van der Waals surface area contributed by atoms with Crippen LogP contribution in [0.4, 0.5) is 0 Å². The minimum absolute atomic E-state index is 0. The molecule has 0 saturated heterocycles. The molecule has 0 atom stereocenters. The molecule has 0 heterocycles. The van der Waals surface area contributed by atoms with Gasteiger partial charge in [0.25, 0.3) is 0 Å². The summed E-state index contributed by atoms with van der Waals surface area (Å²) in [7, 11) is 0. The Morgan fingerprint density at radius 2 is 1.23 bits per heavy atom. The van der Waals surface area contributed by atoms with Gasteiger partial charge in [-0.3, -0.25) is 0 Å². The Kier molecular flexibility index (Phi) is 39.2. The van der Waals surface area contributed by atoms with Crippen LogP contribution in [0.25, 0.3) is 0 Å². The van der Waals surface area contributed by atoms with Gasteiger partial charge in [-0.2, -0.15) is 0 Å². The van der Waals surface area contributed by atoms with Gasteiger partial charge >= 0.3 is 0 Å². The van der Waals surface area contributed by atoms with Gasteiger partial charge in [0.05, 0.1) is 0 Å². The lowest BCUT2D eigenvalue weighted by atomic mass is 10.2. The molecule has 13 heavy (non-hydrogen) atoms. The number of nitrogens with two attached hydrogens (primary N) is 1. The van der Waals surface area contributed by atoms with E-state index in [1.54, 1.807) is 0 Å². The zero-order chi connectivity index (χ0) is 5.82. The van der Waals surface area contributed by atoms with E-state index in [0.29, 0.717) is 6.54 Å². The molecule has 0 aliphatic heterocycles. The highest BCUT2D eigenvalue weighted by Gasteiger charge is 1.80. The van der Waals surface area contributed by atoms with Crippen LogP contribution < -0.4 is 18.0 Å². The van der Waals surface area contributed by atoms with Crippen molar-refractivity contribution in [3.05, 3.63) is 35.9 Å². The Labute approximate surface area is 77.8 Å². The third-order valence-corrected chi connectivity index (χ3v) is 1.08. The van der Waals surface area contributed by atoms with E-state index in [1.165, 1.54) is 5.56 Å². The maximum absolute atomic E-state index is 5.35.